The highest BCUT2D eigenvalue weighted by molar-refractivity contribution is 7.10. The lowest BCUT2D eigenvalue weighted by atomic mass is 9.96. The molecule has 0 nitrogen and oxygen atoms in total. The Morgan fingerprint density at radius 2 is 2.00 bits per heavy atom. The molecule has 1 aromatic rings. The van der Waals surface area contributed by atoms with Crippen LogP contribution >= 0.6 is 11.3 Å². The van der Waals surface area contributed by atoms with Crippen LogP contribution in [0.3, 0.4) is 0 Å². The molecular formula is C11H18S. The van der Waals surface area contributed by atoms with E-state index in [1.807, 2.05) is 11.3 Å². The van der Waals surface area contributed by atoms with Crippen molar-refractivity contribution in [2.75, 3.05) is 0 Å². The average molecular weight is 182 g/mol. The second-order valence-corrected chi connectivity index (χ2v) is 4.95. The molecule has 0 aliphatic heterocycles. The van der Waals surface area contributed by atoms with Crippen LogP contribution in [-0.4, -0.2) is 0 Å². The molecule has 0 aliphatic carbocycles. The van der Waals surface area contributed by atoms with Gasteiger partial charge in [-0.25, -0.2) is 0 Å². The summed E-state index contributed by atoms with van der Waals surface area (Å²) in [6.45, 7) is 9.13. The predicted octanol–water partition coefficient (Wildman–Crippen LogP) is 4.21. The van der Waals surface area contributed by atoms with Gasteiger partial charge in [0.1, 0.15) is 0 Å². The van der Waals surface area contributed by atoms with E-state index >= 15 is 0 Å². The van der Waals surface area contributed by atoms with E-state index in [1.165, 1.54) is 12.0 Å². The first-order valence-corrected chi connectivity index (χ1v) is 5.53. The molecule has 1 aromatic heterocycles. The molecule has 68 valence electrons. The predicted molar refractivity (Wildman–Crippen MR) is 56.9 cm³/mol. The summed E-state index contributed by atoms with van der Waals surface area (Å²) in [7, 11) is 0. The number of rotatable bonds is 3. The zero-order valence-electron chi connectivity index (χ0n) is 8.42. The Bertz CT molecular complexity index is 235. The third-order valence-electron chi connectivity index (χ3n) is 2.17. The topological polar surface area (TPSA) is 0 Å². The fourth-order valence-electron chi connectivity index (χ4n) is 1.70. The Morgan fingerprint density at radius 3 is 2.42 bits per heavy atom. The van der Waals surface area contributed by atoms with E-state index in [0.29, 0.717) is 0 Å². The van der Waals surface area contributed by atoms with Crippen LogP contribution in [0.15, 0.2) is 11.4 Å². The van der Waals surface area contributed by atoms with Gasteiger partial charge in [0.2, 0.25) is 0 Å². The second-order valence-electron chi connectivity index (χ2n) is 4.00. The average Bonchev–Trinajstić information content (AvgIpc) is 2.33. The van der Waals surface area contributed by atoms with Gasteiger partial charge in [0.05, 0.1) is 0 Å². The highest BCUT2D eigenvalue weighted by Crippen LogP contribution is 2.29. The van der Waals surface area contributed by atoms with Crippen LogP contribution in [0, 0.1) is 12.8 Å². The van der Waals surface area contributed by atoms with Gasteiger partial charge >= 0.3 is 0 Å². The summed E-state index contributed by atoms with van der Waals surface area (Å²) in [6.07, 6.45) is 1.31. The highest BCUT2D eigenvalue weighted by Gasteiger charge is 2.10. The van der Waals surface area contributed by atoms with E-state index in [9.17, 15) is 0 Å². The summed E-state index contributed by atoms with van der Waals surface area (Å²) in [5.41, 5.74) is 1.47. The molecule has 0 saturated carbocycles. The lowest BCUT2D eigenvalue weighted by Crippen LogP contribution is -1.97. The smallest absolute Gasteiger partial charge is 0.0103 e. The van der Waals surface area contributed by atoms with Crippen molar-refractivity contribution in [2.45, 2.75) is 40.0 Å². The fourth-order valence-corrected chi connectivity index (χ4v) is 2.70. The molecule has 0 saturated heterocycles. The van der Waals surface area contributed by atoms with Crippen molar-refractivity contribution in [1.82, 2.24) is 0 Å². The van der Waals surface area contributed by atoms with Crippen LogP contribution in [0.25, 0.3) is 0 Å². The molecule has 0 N–H and O–H groups in total. The minimum atomic E-state index is 0.741. The van der Waals surface area contributed by atoms with Crippen molar-refractivity contribution < 1.29 is 0 Å². The molecule has 1 heteroatoms. The maximum atomic E-state index is 2.33. The largest absolute Gasteiger partial charge is 0.148 e. The summed E-state index contributed by atoms with van der Waals surface area (Å²) in [5, 5.41) is 2.20. The van der Waals surface area contributed by atoms with Gasteiger partial charge in [0, 0.05) is 4.88 Å². The lowest BCUT2D eigenvalue weighted by Gasteiger charge is -2.12. The minimum absolute atomic E-state index is 0.741. The van der Waals surface area contributed by atoms with Crippen molar-refractivity contribution in [3.05, 3.63) is 21.9 Å². The zero-order valence-corrected chi connectivity index (χ0v) is 9.24. The first-order chi connectivity index (χ1) is 5.61. The Morgan fingerprint density at radius 1 is 1.33 bits per heavy atom. The molecule has 1 heterocycles. The van der Waals surface area contributed by atoms with E-state index in [4.69, 9.17) is 0 Å². The fraction of sp³-hybridized carbons (Fsp3) is 0.636. The standard InChI is InChI=1S/C11H18S/c1-8(2)7-10(4)11-9(3)5-6-12-11/h5-6,8,10H,7H2,1-4H3. The minimum Gasteiger partial charge on any atom is -0.148 e. The Kier molecular flexibility index (Phi) is 3.33. The van der Waals surface area contributed by atoms with Crippen molar-refractivity contribution in [3.63, 3.8) is 0 Å². The summed E-state index contributed by atoms with van der Waals surface area (Å²) in [5.74, 6) is 1.55. The molecule has 0 fully saturated rings. The van der Waals surface area contributed by atoms with Crippen LogP contribution in [0.4, 0.5) is 0 Å². The molecule has 0 bridgehead atoms. The van der Waals surface area contributed by atoms with Gasteiger partial charge in [-0.3, -0.25) is 0 Å². The Labute approximate surface area is 79.6 Å². The first kappa shape index (κ1) is 9.79. The lowest BCUT2D eigenvalue weighted by molar-refractivity contribution is 0.527. The zero-order chi connectivity index (χ0) is 9.14. The number of hydrogen-bond acceptors (Lipinski definition) is 1. The molecular weight excluding hydrogens is 164 g/mol. The molecule has 0 radical (unpaired) electrons. The number of thiophene rings is 1. The second kappa shape index (κ2) is 4.08. The quantitative estimate of drug-likeness (QED) is 0.657. The summed E-state index contributed by atoms with van der Waals surface area (Å²) >= 11 is 1.90. The van der Waals surface area contributed by atoms with E-state index in [2.05, 4.69) is 39.1 Å². The van der Waals surface area contributed by atoms with E-state index in [1.54, 1.807) is 4.88 Å². The first-order valence-electron chi connectivity index (χ1n) is 4.65. The van der Waals surface area contributed by atoms with Crippen LogP contribution in [0.1, 0.15) is 43.6 Å². The van der Waals surface area contributed by atoms with Gasteiger partial charge < -0.3 is 0 Å². The Hall–Kier alpha value is -0.300. The van der Waals surface area contributed by atoms with Gasteiger partial charge in [0.15, 0.2) is 0 Å². The third-order valence-corrected chi connectivity index (χ3v) is 3.42. The monoisotopic (exact) mass is 182 g/mol. The maximum Gasteiger partial charge on any atom is 0.0103 e. The van der Waals surface area contributed by atoms with Crippen molar-refractivity contribution in [3.8, 4) is 0 Å². The van der Waals surface area contributed by atoms with Gasteiger partial charge in [0.25, 0.3) is 0 Å². The van der Waals surface area contributed by atoms with Gasteiger partial charge in [-0.2, -0.15) is 0 Å². The highest BCUT2D eigenvalue weighted by atomic mass is 32.1. The molecule has 0 aromatic carbocycles. The normalized spacial score (nSPS) is 13.8. The van der Waals surface area contributed by atoms with Crippen LogP contribution in [0.2, 0.25) is 0 Å². The maximum absolute atomic E-state index is 2.33. The molecule has 0 spiro atoms. The molecule has 12 heavy (non-hydrogen) atoms. The van der Waals surface area contributed by atoms with Crippen molar-refractivity contribution >= 4 is 11.3 Å². The van der Waals surface area contributed by atoms with Crippen molar-refractivity contribution in [1.29, 1.82) is 0 Å². The molecule has 0 aliphatic rings. The van der Waals surface area contributed by atoms with Crippen LogP contribution in [-0.2, 0) is 0 Å². The summed E-state index contributed by atoms with van der Waals surface area (Å²) < 4.78 is 0. The summed E-state index contributed by atoms with van der Waals surface area (Å²) in [6, 6.07) is 2.22. The summed E-state index contributed by atoms with van der Waals surface area (Å²) in [4.78, 5) is 1.57. The molecule has 1 atom stereocenters. The third kappa shape index (κ3) is 2.34. The Balaban J connectivity index is 2.65. The van der Waals surface area contributed by atoms with E-state index in [-0.39, 0.29) is 0 Å². The van der Waals surface area contributed by atoms with E-state index in [0.717, 1.165) is 11.8 Å². The van der Waals surface area contributed by atoms with Crippen molar-refractivity contribution in [2.24, 2.45) is 5.92 Å². The molecule has 1 rings (SSSR count). The molecule has 0 amide bonds. The van der Waals surface area contributed by atoms with Crippen LogP contribution in [0.5, 0.6) is 0 Å². The SMILES string of the molecule is Cc1ccsc1C(C)CC(C)C. The number of aryl methyl sites for hydroxylation is 1. The number of hydrogen-bond donors (Lipinski definition) is 0. The van der Waals surface area contributed by atoms with Gasteiger partial charge in [-0.15, -0.1) is 11.3 Å². The van der Waals surface area contributed by atoms with Gasteiger partial charge in [-0.1, -0.05) is 20.8 Å². The van der Waals surface area contributed by atoms with Crippen LogP contribution < -0.4 is 0 Å². The van der Waals surface area contributed by atoms with Gasteiger partial charge in [-0.05, 0) is 42.2 Å². The van der Waals surface area contributed by atoms with E-state index < -0.39 is 0 Å². The molecule has 1 unspecified atom stereocenters.